The van der Waals surface area contributed by atoms with E-state index in [-0.39, 0.29) is 5.56 Å². The van der Waals surface area contributed by atoms with Crippen LogP contribution in [0.15, 0.2) is 18.3 Å². The quantitative estimate of drug-likeness (QED) is 0.681. The molecular weight excluding hydrogens is 181 g/mol. The number of carbonyl (C=O) groups is 1. The number of pyridine rings is 1. The van der Waals surface area contributed by atoms with Gasteiger partial charge in [0.15, 0.2) is 5.44 Å². The fraction of sp³-hybridized carbons (Fsp3) is 0. The smallest absolute Gasteiger partial charge is 0.368 e. The van der Waals surface area contributed by atoms with Crippen LogP contribution in [0.3, 0.4) is 0 Å². The molecular formula is C6H4NO4P. The minimum Gasteiger partial charge on any atom is -0.478 e. The molecule has 62 valence electrons. The average Bonchev–Trinajstić information content (AvgIpc) is 2.04. The summed E-state index contributed by atoms with van der Waals surface area (Å²) < 4.78 is 20.9. The summed E-state index contributed by atoms with van der Waals surface area (Å²) in [6, 6.07) is 2.56. The predicted octanol–water partition coefficient (Wildman–Crippen LogP) is 0.578. The Balaban J connectivity index is 3.36. The molecule has 12 heavy (non-hydrogen) atoms. The molecule has 0 saturated carbocycles. The van der Waals surface area contributed by atoms with E-state index < -0.39 is 19.1 Å². The Morgan fingerprint density at radius 2 is 2.17 bits per heavy atom. The third kappa shape index (κ3) is 1.57. The minimum atomic E-state index is -2.94. The lowest BCUT2D eigenvalue weighted by atomic mass is 10.3. The van der Waals surface area contributed by atoms with Gasteiger partial charge in [-0.05, 0) is 12.1 Å². The second kappa shape index (κ2) is 3.28. The standard InChI is InChI=1S/C6H4NO4P/c8-6(9)4-2-1-3-7-5(4)12(10)11/h1-3H,(H,8,9). The van der Waals surface area contributed by atoms with E-state index in [9.17, 15) is 13.9 Å². The number of carboxylic acid groups (broad SMARTS) is 1. The topological polar surface area (TPSA) is 84.3 Å². The van der Waals surface area contributed by atoms with Gasteiger partial charge in [0.05, 0.1) is 5.56 Å². The second-order valence-corrected chi connectivity index (χ2v) is 2.87. The van der Waals surface area contributed by atoms with Crippen molar-refractivity contribution < 1.29 is 19.0 Å². The van der Waals surface area contributed by atoms with Crippen molar-refractivity contribution in [1.82, 2.24) is 4.98 Å². The number of hydrogen-bond donors (Lipinski definition) is 1. The van der Waals surface area contributed by atoms with Gasteiger partial charge in [0.2, 0.25) is 0 Å². The minimum absolute atomic E-state index is 0.298. The Bertz CT molecular complexity index is 377. The van der Waals surface area contributed by atoms with Gasteiger partial charge in [-0.25, -0.2) is 18.9 Å². The molecule has 1 rings (SSSR count). The van der Waals surface area contributed by atoms with Crippen molar-refractivity contribution in [3.63, 3.8) is 0 Å². The van der Waals surface area contributed by atoms with Crippen LogP contribution in [0.4, 0.5) is 0 Å². The highest BCUT2D eigenvalue weighted by Gasteiger charge is 2.13. The molecule has 0 amide bonds. The lowest BCUT2D eigenvalue weighted by Crippen LogP contribution is -2.12. The molecule has 1 aromatic heterocycles. The van der Waals surface area contributed by atoms with Gasteiger partial charge < -0.3 is 5.11 Å². The maximum atomic E-state index is 10.4. The Labute approximate surface area is 67.9 Å². The highest BCUT2D eigenvalue weighted by atomic mass is 31.1. The van der Waals surface area contributed by atoms with Crippen LogP contribution in [0.25, 0.3) is 0 Å². The maximum absolute atomic E-state index is 10.4. The first kappa shape index (κ1) is 8.62. The number of hydrogen-bond acceptors (Lipinski definition) is 4. The number of aromatic nitrogens is 1. The molecule has 0 aromatic carbocycles. The predicted molar refractivity (Wildman–Crippen MR) is 39.1 cm³/mol. The van der Waals surface area contributed by atoms with Gasteiger partial charge in [0.25, 0.3) is 0 Å². The van der Waals surface area contributed by atoms with Gasteiger partial charge >= 0.3 is 13.6 Å². The van der Waals surface area contributed by atoms with Crippen molar-refractivity contribution >= 4 is 19.1 Å². The third-order valence-electron chi connectivity index (χ3n) is 1.19. The van der Waals surface area contributed by atoms with E-state index in [0.29, 0.717) is 0 Å². The Hall–Kier alpha value is -1.48. The maximum Gasteiger partial charge on any atom is 0.368 e. The largest absolute Gasteiger partial charge is 0.478 e. The lowest BCUT2D eigenvalue weighted by molar-refractivity contribution is 0.0698. The van der Waals surface area contributed by atoms with Crippen LogP contribution in [0.2, 0.25) is 0 Å². The van der Waals surface area contributed by atoms with Crippen LogP contribution in [0.5, 0.6) is 0 Å². The Morgan fingerprint density at radius 1 is 1.50 bits per heavy atom. The summed E-state index contributed by atoms with van der Waals surface area (Å²) in [7, 11) is -2.94. The third-order valence-corrected chi connectivity index (χ3v) is 1.89. The molecule has 1 N–H and O–H groups in total. The summed E-state index contributed by atoms with van der Waals surface area (Å²) in [4.78, 5) is 13.8. The number of rotatable bonds is 2. The molecule has 0 fully saturated rings. The van der Waals surface area contributed by atoms with Crippen molar-refractivity contribution in [2.24, 2.45) is 0 Å². The fourth-order valence-corrected chi connectivity index (χ4v) is 1.24. The Morgan fingerprint density at radius 3 is 2.58 bits per heavy atom. The van der Waals surface area contributed by atoms with Crippen molar-refractivity contribution in [2.75, 3.05) is 0 Å². The molecule has 1 heterocycles. The zero-order chi connectivity index (χ0) is 9.14. The normalized spacial score (nSPS) is 9.33. The molecule has 0 atom stereocenters. The fourth-order valence-electron chi connectivity index (χ4n) is 0.709. The summed E-state index contributed by atoms with van der Waals surface area (Å²) in [6.45, 7) is 0. The van der Waals surface area contributed by atoms with Crippen LogP contribution < -0.4 is 5.44 Å². The summed E-state index contributed by atoms with van der Waals surface area (Å²) in [6.07, 6.45) is 1.23. The van der Waals surface area contributed by atoms with E-state index in [0.717, 1.165) is 0 Å². The molecule has 0 unspecified atom stereocenters. The first-order valence-electron chi connectivity index (χ1n) is 2.95. The molecule has 5 nitrogen and oxygen atoms in total. The van der Waals surface area contributed by atoms with Gasteiger partial charge in [-0.2, -0.15) is 0 Å². The van der Waals surface area contributed by atoms with Gasteiger partial charge in [0, 0.05) is 6.20 Å². The first-order valence-corrected chi connectivity index (χ1v) is 4.13. The van der Waals surface area contributed by atoms with E-state index in [1.54, 1.807) is 0 Å². The molecule has 0 saturated heterocycles. The van der Waals surface area contributed by atoms with Crippen LogP contribution >= 0.6 is 7.68 Å². The van der Waals surface area contributed by atoms with Crippen molar-refractivity contribution in [2.45, 2.75) is 0 Å². The monoisotopic (exact) mass is 185 g/mol. The average molecular weight is 185 g/mol. The molecule has 0 spiro atoms. The number of aromatic carboxylic acids is 1. The number of nitrogens with zero attached hydrogens (tertiary/aromatic N) is 1. The molecule has 0 radical (unpaired) electrons. The number of carboxylic acids is 1. The van der Waals surface area contributed by atoms with Crippen molar-refractivity contribution in [3.05, 3.63) is 23.9 Å². The highest BCUT2D eigenvalue weighted by molar-refractivity contribution is 7.40. The van der Waals surface area contributed by atoms with Crippen LogP contribution in [0, 0.1) is 0 Å². The molecule has 0 aliphatic carbocycles. The van der Waals surface area contributed by atoms with Gasteiger partial charge in [-0.1, -0.05) is 0 Å². The summed E-state index contributed by atoms with van der Waals surface area (Å²) in [5.74, 6) is -1.29. The molecule has 6 heteroatoms. The summed E-state index contributed by atoms with van der Waals surface area (Å²) in [5.41, 5.74) is -0.700. The lowest BCUT2D eigenvalue weighted by Gasteiger charge is -1.93. The SMILES string of the molecule is O=C(O)c1cccnc1P(=O)=O. The van der Waals surface area contributed by atoms with Gasteiger partial charge in [-0.3, -0.25) is 0 Å². The van der Waals surface area contributed by atoms with Gasteiger partial charge in [-0.15, -0.1) is 0 Å². The van der Waals surface area contributed by atoms with Crippen LogP contribution in [0.1, 0.15) is 10.4 Å². The van der Waals surface area contributed by atoms with E-state index in [1.165, 1.54) is 18.3 Å². The van der Waals surface area contributed by atoms with E-state index in [4.69, 9.17) is 5.11 Å². The molecule has 0 aliphatic heterocycles. The highest BCUT2D eigenvalue weighted by Crippen LogP contribution is 2.06. The molecule has 0 bridgehead atoms. The van der Waals surface area contributed by atoms with Crippen molar-refractivity contribution in [3.8, 4) is 0 Å². The van der Waals surface area contributed by atoms with E-state index >= 15 is 0 Å². The zero-order valence-electron chi connectivity index (χ0n) is 5.80. The van der Waals surface area contributed by atoms with Crippen LogP contribution in [-0.4, -0.2) is 16.1 Å². The summed E-state index contributed by atoms with van der Waals surface area (Å²) >= 11 is 0. The first-order chi connectivity index (χ1) is 5.63. The van der Waals surface area contributed by atoms with E-state index in [1.807, 2.05) is 0 Å². The summed E-state index contributed by atoms with van der Waals surface area (Å²) in [5, 5.41) is 8.51. The molecule has 1 aromatic rings. The molecule has 0 aliphatic rings. The van der Waals surface area contributed by atoms with E-state index in [2.05, 4.69) is 4.98 Å². The van der Waals surface area contributed by atoms with Crippen LogP contribution in [-0.2, 0) is 9.13 Å². The van der Waals surface area contributed by atoms with Gasteiger partial charge in [0.1, 0.15) is 0 Å². The second-order valence-electron chi connectivity index (χ2n) is 1.94. The Kier molecular flexibility index (Phi) is 2.35. The van der Waals surface area contributed by atoms with Crippen molar-refractivity contribution in [1.29, 1.82) is 0 Å². The zero-order valence-corrected chi connectivity index (χ0v) is 6.69.